The summed E-state index contributed by atoms with van der Waals surface area (Å²) < 4.78 is 12.0. The van der Waals surface area contributed by atoms with Gasteiger partial charge in [0, 0.05) is 18.5 Å². The summed E-state index contributed by atoms with van der Waals surface area (Å²) in [5.41, 5.74) is 6.80. The van der Waals surface area contributed by atoms with Gasteiger partial charge in [0.05, 0.1) is 11.2 Å². The number of benzene rings is 1. The average Bonchev–Trinajstić information content (AvgIpc) is 2.60. The molecular weight excluding hydrogens is 249 g/mol. The van der Waals surface area contributed by atoms with Gasteiger partial charge in [0.2, 0.25) is 0 Å². The monoisotopic (exact) mass is 271 g/mol. The average molecular weight is 271 g/mol. The van der Waals surface area contributed by atoms with E-state index in [1.165, 1.54) is 0 Å². The predicted molar refractivity (Wildman–Crippen MR) is 82.7 cm³/mol. The smallest absolute Gasteiger partial charge is 0.399 e. The van der Waals surface area contributed by atoms with Crippen LogP contribution in [0.3, 0.4) is 0 Å². The van der Waals surface area contributed by atoms with Crippen molar-refractivity contribution in [1.82, 2.24) is 0 Å². The van der Waals surface area contributed by atoms with Gasteiger partial charge in [-0.2, -0.15) is 0 Å². The van der Waals surface area contributed by atoms with Gasteiger partial charge in [-0.1, -0.05) is 24.0 Å². The molecule has 3 nitrogen and oxygen atoms in total. The molecule has 4 heteroatoms. The van der Waals surface area contributed by atoms with Crippen molar-refractivity contribution in [2.45, 2.75) is 45.3 Å². The molecule has 2 N–H and O–H groups in total. The summed E-state index contributed by atoms with van der Waals surface area (Å²) in [4.78, 5) is 0. The predicted octanol–water partition coefficient (Wildman–Crippen LogP) is 1.69. The zero-order chi connectivity index (χ0) is 14.8. The molecule has 1 saturated heterocycles. The third kappa shape index (κ3) is 3.07. The van der Waals surface area contributed by atoms with Crippen LogP contribution < -0.4 is 11.2 Å². The molecule has 0 aliphatic carbocycles. The molecule has 0 amide bonds. The second kappa shape index (κ2) is 5.61. The summed E-state index contributed by atoms with van der Waals surface area (Å²) in [6, 6.07) is 8.00. The summed E-state index contributed by atoms with van der Waals surface area (Å²) in [5.74, 6) is 6.11. The van der Waals surface area contributed by atoms with Gasteiger partial charge in [-0.15, -0.1) is 0 Å². The van der Waals surface area contributed by atoms with E-state index in [0.29, 0.717) is 6.54 Å². The van der Waals surface area contributed by atoms with Crippen molar-refractivity contribution >= 4 is 12.6 Å². The quantitative estimate of drug-likeness (QED) is 0.657. The molecule has 1 aliphatic heterocycles. The fourth-order valence-electron chi connectivity index (χ4n) is 1.94. The maximum absolute atomic E-state index is 6.01. The summed E-state index contributed by atoms with van der Waals surface area (Å²) in [7, 11) is -0.314. The maximum Gasteiger partial charge on any atom is 0.494 e. The van der Waals surface area contributed by atoms with Crippen LogP contribution in [0.5, 0.6) is 0 Å². The first-order chi connectivity index (χ1) is 9.36. The van der Waals surface area contributed by atoms with Crippen molar-refractivity contribution in [1.29, 1.82) is 0 Å². The Labute approximate surface area is 122 Å². The van der Waals surface area contributed by atoms with E-state index in [1.54, 1.807) is 0 Å². The number of rotatable bonds is 2. The van der Waals surface area contributed by atoms with Gasteiger partial charge in [0.15, 0.2) is 0 Å². The number of hydrogen-bond acceptors (Lipinski definition) is 3. The second-order valence-electron chi connectivity index (χ2n) is 6.05. The highest BCUT2D eigenvalue weighted by atomic mass is 16.7. The Hall–Kier alpha value is -1.28. The molecule has 0 atom stereocenters. The van der Waals surface area contributed by atoms with E-state index >= 15 is 0 Å². The van der Waals surface area contributed by atoms with Crippen LogP contribution in [0.1, 0.15) is 39.7 Å². The summed E-state index contributed by atoms with van der Waals surface area (Å²) in [5, 5.41) is 0. The van der Waals surface area contributed by atoms with E-state index in [4.69, 9.17) is 15.0 Å². The summed E-state index contributed by atoms with van der Waals surface area (Å²) in [6.07, 6.45) is 0.721. The van der Waals surface area contributed by atoms with Crippen molar-refractivity contribution < 1.29 is 9.31 Å². The van der Waals surface area contributed by atoms with Crippen molar-refractivity contribution in [3.05, 3.63) is 29.8 Å². The SMILES string of the molecule is CC1(C)OB(c2ccc(C#CCCN)cc2)OC1(C)C. The van der Waals surface area contributed by atoms with E-state index in [0.717, 1.165) is 17.4 Å². The Morgan fingerprint density at radius 1 is 1.05 bits per heavy atom. The molecule has 1 aliphatic rings. The van der Waals surface area contributed by atoms with Gasteiger partial charge in [-0.3, -0.25) is 0 Å². The normalized spacial score (nSPS) is 19.6. The summed E-state index contributed by atoms with van der Waals surface area (Å²) in [6.45, 7) is 8.82. The minimum Gasteiger partial charge on any atom is -0.399 e. The van der Waals surface area contributed by atoms with Gasteiger partial charge in [0.1, 0.15) is 0 Å². The van der Waals surface area contributed by atoms with E-state index in [9.17, 15) is 0 Å². The van der Waals surface area contributed by atoms with Gasteiger partial charge >= 0.3 is 7.12 Å². The van der Waals surface area contributed by atoms with Crippen molar-refractivity contribution in [3.63, 3.8) is 0 Å². The van der Waals surface area contributed by atoms with Crippen LogP contribution in [0.15, 0.2) is 24.3 Å². The first-order valence-electron chi connectivity index (χ1n) is 7.00. The Morgan fingerprint density at radius 3 is 2.10 bits per heavy atom. The molecule has 1 aromatic carbocycles. The molecule has 1 aromatic rings. The first-order valence-corrected chi connectivity index (χ1v) is 7.00. The highest BCUT2D eigenvalue weighted by molar-refractivity contribution is 6.62. The lowest BCUT2D eigenvalue weighted by Gasteiger charge is -2.32. The number of hydrogen-bond donors (Lipinski definition) is 1. The third-order valence-corrected chi connectivity index (χ3v) is 3.94. The van der Waals surface area contributed by atoms with Gasteiger partial charge in [-0.05, 0) is 45.3 Å². The first kappa shape index (κ1) is 15.1. The molecule has 1 fully saturated rings. The van der Waals surface area contributed by atoms with Crippen LogP contribution in [-0.2, 0) is 9.31 Å². The van der Waals surface area contributed by atoms with Crippen LogP contribution in [0.2, 0.25) is 0 Å². The third-order valence-electron chi connectivity index (χ3n) is 3.94. The van der Waals surface area contributed by atoms with Crippen molar-refractivity contribution in [3.8, 4) is 11.8 Å². The zero-order valence-electron chi connectivity index (χ0n) is 12.7. The van der Waals surface area contributed by atoms with Crippen LogP contribution in [0.4, 0.5) is 0 Å². The zero-order valence-corrected chi connectivity index (χ0v) is 12.7. The number of nitrogens with two attached hydrogens (primary N) is 1. The molecule has 106 valence electrons. The van der Waals surface area contributed by atoms with Gasteiger partial charge < -0.3 is 15.0 Å². The Morgan fingerprint density at radius 2 is 1.60 bits per heavy atom. The van der Waals surface area contributed by atoms with Crippen LogP contribution in [-0.4, -0.2) is 24.9 Å². The fourth-order valence-corrected chi connectivity index (χ4v) is 1.94. The van der Waals surface area contributed by atoms with Gasteiger partial charge in [-0.25, -0.2) is 0 Å². The standard InChI is InChI=1S/C16H22BNO2/c1-15(2)16(3,4)20-17(19-15)14-10-8-13(9-11-14)7-5-6-12-18/h8-11H,6,12,18H2,1-4H3. The Balaban J connectivity index is 2.11. The largest absolute Gasteiger partial charge is 0.494 e. The van der Waals surface area contributed by atoms with E-state index in [2.05, 4.69) is 39.5 Å². The molecular formula is C16H22BNO2. The van der Waals surface area contributed by atoms with E-state index < -0.39 is 0 Å². The van der Waals surface area contributed by atoms with Crippen molar-refractivity contribution in [2.24, 2.45) is 5.73 Å². The van der Waals surface area contributed by atoms with E-state index in [1.807, 2.05) is 24.3 Å². The molecule has 0 spiro atoms. The maximum atomic E-state index is 6.01. The van der Waals surface area contributed by atoms with E-state index in [-0.39, 0.29) is 18.3 Å². The molecule has 0 unspecified atom stereocenters. The molecule has 20 heavy (non-hydrogen) atoms. The van der Waals surface area contributed by atoms with Crippen LogP contribution in [0.25, 0.3) is 0 Å². The lowest BCUT2D eigenvalue weighted by Crippen LogP contribution is -2.41. The Bertz CT molecular complexity index is 510. The molecule has 0 aromatic heterocycles. The highest BCUT2D eigenvalue weighted by Crippen LogP contribution is 2.36. The minimum absolute atomic E-state index is 0.308. The lowest BCUT2D eigenvalue weighted by atomic mass is 9.79. The molecule has 0 bridgehead atoms. The fraction of sp³-hybridized carbons (Fsp3) is 0.500. The van der Waals surface area contributed by atoms with Crippen molar-refractivity contribution in [2.75, 3.05) is 6.54 Å². The molecule has 1 heterocycles. The topological polar surface area (TPSA) is 44.5 Å². The molecule has 0 saturated carbocycles. The minimum atomic E-state index is -0.314. The summed E-state index contributed by atoms with van der Waals surface area (Å²) >= 11 is 0. The highest BCUT2D eigenvalue weighted by Gasteiger charge is 2.51. The Kier molecular flexibility index (Phi) is 4.24. The molecule has 2 rings (SSSR count). The van der Waals surface area contributed by atoms with Crippen LogP contribution >= 0.6 is 0 Å². The van der Waals surface area contributed by atoms with Gasteiger partial charge in [0.25, 0.3) is 0 Å². The lowest BCUT2D eigenvalue weighted by molar-refractivity contribution is 0.00578. The second-order valence-corrected chi connectivity index (χ2v) is 6.05. The van der Waals surface area contributed by atoms with Crippen LogP contribution in [0, 0.1) is 11.8 Å². The molecule has 0 radical (unpaired) electrons.